The Morgan fingerprint density at radius 3 is 2.54 bits per heavy atom. The lowest BCUT2D eigenvalue weighted by Crippen LogP contribution is -2.29. The molecular weight excluding hydrogens is 330 g/mol. The van der Waals surface area contributed by atoms with E-state index in [1.54, 1.807) is 18.0 Å². The van der Waals surface area contributed by atoms with Gasteiger partial charge in [0.05, 0.1) is 32.0 Å². The van der Waals surface area contributed by atoms with E-state index < -0.39 is 0 Å². The van der Waals surface area contributed by atoms with Crippen molar-refractivity contribution in [2.45, 2.75) is 6.42 Å². The standard InChI is InChI=1S/C20H21N3O3/c1-25-18-7-9-19(10-8-18)26-12-11-21-20(24)13-16-14-22-23(15-16)17-5-3-2-4-6-17/h2-10,14-15H,11-13H2,1H3,(H,21,24). The van der Waals surface area contributed by atoms with E-state index >= 15 is 0 Å². The molecule has 0 aliphatic heterocycles. The molecule has 2 aromatic carbocycles. The molecule has 1 aromatic heterocycles. The number of benzene rings is 2. The van der Waals surface area contributed by atoms with Gasteiger partial charge in [-0.15, -0.1) is 0 Å². The molecule has 0 unspecified atom stereocenters. The summed E-state index contributed by atoms with van der Waals surface area (Å²) in [5, 5.41) is 7.14. The maximum Gasteiger partial charge on any atom is 0.224 e. The van der Waals surface area contributed by atoms with Crippen molar-refractivity contribution in [1.29, 1.82) is 0 Å². The van der Waals surface area contributed by atoms with Crippen molar-refractivity contribution in [2.24, 2.45) is 0 Å². The molecule has 3 rings (SSSR count). The lowest BCUT2D eigenvalue weighted by Gasteiger charge is -2.08. The minimum Gasteiger partial charge on any atom is -0.497 e. The number of hydrogen-bond donors (Lipinski definition) is 1. The highest BCUT2D eigenvalue weighted by molar-refractivity contribution is 5.78. The van der Waals surface area contributed by atoms with E-state index in [9.17, 15) is 4.79 Å². The number of amides is 1. The highest BCUT2D eigenvalue weighted by Crippen LogP contribution is 2.16. The zero-order valence-electron chi connectivity index (χ0n) is 14.6. The summed E-state index contributed by atoms with van der Waals surface area (Å²) in [6.07, 6.45) is 3.86. The number of hydrogen-bond acceptors (Lipinski definition) is 4. The second-order valence-corrected chi connectivity index (χ2v) is 5.68. The predicted molar refractivity (Wildman–Crippen MR) is 98.8 cm³/mol. The van der Waals surface area contributed by atoms with Crippen LogP contribution in [0, 0.1) is 0 Å². The van der Waals surface area contributed by atoms with Gasteiger partial charge in [-0.25, -0.2) is 4.68 Å². The van der Waals surface area contributed by atoms with Crippen LogP contribution >= 0.6 is 0 Å². The fourth-order valence-corrected chi connectivity index (χ4v) is 2.45. The monoisotopic (exact) mass is 351 g/mol. The number of carbonyl (C=O) groups excluding carboxylic acids is 1. The Morgan fingerprint density at radius 1 is 1.08 bits per heavy atom. The van der Waals surface area contributed by atoms with Gasteiger partial charge in [-0.2, -0.15) is 5.10 Å². The van der Waals surface area contributed by atoms with Crippen LogP contribution in [0.1, 0.15) is 5.56 Å². The van der Waals surface area contributed by atoms with Gasteiger partial charge in [0.15, 0.2) is 0 Å². The topological polar surface area (TPSA) is 65.4 Å². The maximum atomic E-state index is 12.0. The normalized spacial score (nSPS) is 10.3. The van der Waals surface area contributed by atoms with Crippen LogP contribution in [-0.2, 0) is 11.2 Å². The summed E-state index contributed by atoms with van der Waals surface area (Å²) < 4.78 is 12.4. The lowest BCUT2D eigenvalue weighted by atomic mass is 10.2. The van der Waals surface area contributed by atoms with Crippen molar-refractivity contribution >= 4 is 5.91 Å². The second-order valence-electron chi connectivity index (χ2n) is 5.68. The van der Waals surface area contributed by atoms with Gasteiger partial charge >= 0.3 is 0 Å². The van der Waals surface area contributed by atoms with E-state index in [2.05, 4.69) is 10.4 Å². The summed E-state index contributed by atoms with van der Waals surface area (Å²) in [4.78, 5) is 12.0. The molecule has 0 atom stereocenters. The summed E-state index contributed by atoms with van der Waals surface area (Å²) in [6, 6.07) is 17.1. The van der Waals surface area contributed by atoms with Crippen LogP contribution in [0.5, 0.6) is 11.5 Å². The van der Waals surface area contributed by atoms with E-state index in [-0.39, 0.29) is 12.3 Å². The number of nitrogens with one attached hydrogen (secondary N) is 1. The summed E-state index contributed by atoms with van der Waals surface area (Å²) in [7, 11) is 1.62. The molecule has 0 saturated heterocycles. The number of ether oxygens (including phenoxy) is 2. The van der Waals surface area contributed by atoms with Crippen LogP contribution < -0.4 is 14.8 Å². The number of methoxy groups -OCH3 is 1. The van der Waals surface area contributed by atoms with Crippen LogP contribution in [0.2, 0.25) is 0 Å². The molecule has 0 spiro atoms. The molecule has 0 bridgehead atoms. The summed E-state index contributed by atoms with van der Waals surface area (Å²) in [6.45, 7) is 0.846. The fraction of sp³-hybridized carbons (Fsp3) is 0.200. The second kappa shape index (κ2) is 8.71. The first-order chi connectivity index (χ1) is 12.7. The van der Waals surface area contributed by atoms with Gasteiger partial charge in [0.1, 0.15) is 18.1 Å². The number of rotatable bonds is 8. The van der Waals surface area contributed by atoms with Gasteiger partial charge in [-0.1, -0.05) is 18.2 Å². The summed E-state index contributed by atoms with van der Waals surface area (Å²) >= 11 is 0. The minimum absolute atomic E-state index is 0.0593. The van der Waals surface area contributed by atoms with E-state index in [0.29, 0.717) is 13.2 Å². The largest absolute Gasteiger partial charge is 0.497 e. The highest BCUT2D eigenvalue weighted by atomic mass is 16.5. The average molecular weight is 351 g/mol. The SMILES string of the molecule is COc1ccc(OCCNC(=O)Cc2cnn(-c3ccccc3)c2)cc1. The van der Waals surface area contributed by atoms with Crippen LogP contribution in [0.4, 0.5) is 0 Å². The van der Waals surface area contributed by atoms with Crippen LogP contribution in [0.25, 0.3) is 5.69 Å². The van der Waals surface area contributed by atoms with E-state index in [1.165, 1.54) is 0 Å². The van der Waals surface area contributed by atoms with Crippen LogP contribution in [0.3, 0.4) is 0 Å². The molecule has 1 N–H and O–H groups in total. The molecule has 0 aliphatic rings. The Balaban J connectivity index is 1.41. The number of carbonyl (C=O) groups is 1. The van der Waals surface area contributed by atoms with Gasteiger partial charge < -0.3 is 14.8 Å². The van der Waals surface area contributed by atoms with Gasteiger partial charge in [0.2, 0.25) is 5.91 Å². The van der Waals surface area contributed by atoms with E-state index in [1.807, 2.05) is 60.8 Å². The zero-order chi connectivity index (χ0) is 18.2. The molecule has 26 heavy (non-hydrogen) atoms. The van der Waals surface area contributed by atoms with Gasteiger partial charge in [-0.05, 0) is 42.0 Å². The molecule has 6 nitrogen and oxygen atoms in total. The van der Waals surface area contributed by atoms with Crippen molar-refractivity contribution < 1.29 is 14.3 Å². The molecule has 134 valence electrons. The molecule has 0 fully saturated rings. The van der Waals surface area contributed by atoms with Gasteiger partial charge in [-0.3, -0.25) is 4.79 Å². The van der Waals surface area contributed by atoms with Crippen molar-refractivity contribution in [3.63, 3.8) is 0 Å². The third-order valence-electron chi connectivity index (χ3n) is 3.77. The quantitative estimate of drug-likeness (QED) is 0.634. The zero-order valence-corrected chi connectivity index (χ0v) is 14.6. The molecule has 0 aliphatic carbocycles. The van der Waals surface area contributed by atoms with Crippen LogP contribution in [-0.4, -0.2) is 35.9 Å². The Labute approximate surface area is 152 Å². The van der Waals surface area contributed by atoms with Crippen molar-refractivity contribution in [1.82, 2.24) is 15.1 Å². The van der Waals surface area contributed by atoms with Gasteiger partial charge in [0.25, 0.3) is 0 Å². The molecule has 1 amide bonds. The molecule has 1 heterocycles. The molecule has 0 saturated carbocycles. The summed E-state index contributed by atoms with van der Waals surface area (Å²) in [5.74, 6) is 1.46. The fourth-order valence-electron chi connectivity index (χ4n) is 2.45. The molecular formula is C20H21N3O3. The number of aromatic nitrogens is 2. The Kier molecular flexibility index (Phi) is 5.88. The third-order valence-corrected chi connectivity index (χ3v) is 3.77. The number of para-hydroxylation sites is 1. The van der Waals surface area contributed by atoms with E-state index in [0.717, 1.165) is 22.7 Å². The Hall–Kier alpha value is -3.28. The van der Waals surface area contributed by atoms with Crippen molar-refractivity contribution in [2.75, 3.05) is 20.3 Å². The summed E-state index contributed by atoms with van der Waals surface area (Å²) in [5.41, 5.74) is 1.83. The van der Waals surface area contributed by atoms with Gasteiger partial charge in [0, 0.05) is 6.20 Å². The first-order valence-electron chi connectivity index (χ1n) is 8.37. The Bertz CT molecular complexity index is 829. The predicted octanol–water partition coefficient (Wildman–Crippen LogP) is 2.62. The highest BCUT2D eigenvalue weighted by Gasteiger charge is 2.06. The molecule has 0 radical (unpaired) electrons. The van der Waals surface area contributed by atoms with Crippen molar-refractivity contribution in [3.8, 4) is 17.2 Å². The van der Waals surface area contributed by atoms with Crippen LogP contribution in [0.15, 0.2) is 67.0 Å². The number of nitrogens with zero attached hydrogens (tertiary/aromatic N) is 2. The smallest absolute Gasteiger partial charge is 0.224 e. The molecule has 3 aromatic rings. The van der Waals surface area contributed by atoms with E-state index in [4.69, 9.17) is 9.47 Å². The average Bonchev–Trinajstić information content (AvgIpc) is 3.15. The Morgan fingerprint density at radius 2 is 1.81 bits per heavy atom. The molecule has 6 heteroatoms. The lowest BCUT2D eigenvalue weighted by molar-refractivity contribution is -0.120. The maximum absolute atomic E-state index is 12.0. The minimum atomic E-state index is -0.0593. The first kappa shape index (κ1) is 17.5. The first-order valence-corrected chi connectivity index (χ1v) is 8.37. The van der Waals surface area contributed by atoms with Crippen molar-refractivity contribution in [3.05, 3.63) is 72.6 Å². The third kappa shape index (κ3) is 4.86.